The van der Waals surface area contributed by atoms with Crippen molar-refractivity contribution in [3.8, 4) is 5.06 Å². The number of hydrogen-bond donors (Lipinski definition) is 2. The number of nitrogens with one attached hydrogen (secondary N) is 1. The molecule has 11 heteroatoms. The molecule has 0 bridgehead atoms. The molecule has 1 aromatic heterocycles. The smallest absolute Gasteiger partial charge is 0.416 e. The molecule has 0 aliphatic carbocycles. The van der Waals surface area contributed by atoms with Gasteiger partial charge in [0.25, 0.3) is 5.91 Å². The fourth-order valence-electron chi connectivity index (χ4n) is 2.12. The van der Waals surface area contributed by atoms with E-state index in [1.54, 1.807) is 0 Å². The minimum atomic E-state index is -4.54. The molecule has 0 saturated carbocycles. The van der Waals surface area contributed by atoms with Crippen LogP contribution in [0, 0.1) is 0 Å². The van der Waals surface area contributed by atoms with Crippen LogP contribution in [-0.2, 0) is 11.0 Å². The van der Waals surface area contributed by atoms with E-state index in [0.717, 1.165) is 40.1 Å². The first kappa shape index (κ1) is 18.3. The zero-order valence-electron chi connectivity index (χ0n) is 12.8. The molecule has 2 heterocycles. The summed E-state index contributed by atoms with van der Waals surface area (Å²) in [6.45, 7) is 0. The van der Waals surface area contributed by atoms with E-state index in [9.17, 15) is 27.9 Å². The number of nitrogens with zero attached hydrogens (tertiary/aromatic N) is 2. The van der Waals surface area contributed by atoms with E-state index >= 15 is 0 Å². The van der Waals surface area contributed by atoms with Crippen molar-refractivity contribution < 1.29 is 27.9 Å². The lowest BCUT2D eigenvalue weighted by Crippen LogP contribution is -2.31. The Labute approximate surface area is 153 Å². The Hall–Kier alpha value is -2.53. The highest BCUT2D eigenvalue weighted by Crippen LogP contribution is 2.34. The number of amidine groups is 1. The van der Waals surface area contributed by atoms with E-state index in [-0.39, 0.29) is 26.5 Å². The normalized spacial score (nSPS) is 16.3. The van der Waals surface area contributed by atoms with Gasteiger partial charge in [0.2, 0.25) is 5.91 Å². The van der Waals surface area contributed by atoms with E-state index in [1.165, 1.54) is 24.3 Å². The first-order chi connectivity index (χ1) is 12.3. The molecule has 0 spiro atoms. The lowest BCUT2D eigenvalue weighted by atomic mass is 10.2. The van der Waals surface area contributed by atoms with Crippen molar-refractivity contribution in [2.75, 3.05) is 10.7 Å². The fraction of sp³-hybridized carbons (Fsp3) is 0.133. The van der Waals surface area contributed by atoms with Gasteiger partial charge in [0.15, 0.2) is 10.2 Å². The van der Waals surface area contributed by atoms with E-state index in [4.69, 9.17) is 0 Å². The highest BCUT2D eigenvalue weighted by molar-refractivity contribution is 8.15. The molecule has 6 nitrogen and oxygen atoms in total. The SMILES string of the molecule is O=C(NN=C1SCC(=O)N1c1cccc(C(F)(F)F)c1)c1ccc(O)s1. The van der Waals surface area contributed by atoms with Crippen molar-refractivity contribution >= 4 is 45.8 Å². The standard InChI is InChI=1S/C15H10F3N3O3S2/c16-15(17,18)8-2-1-3-9(6-8)21-11(22)7-25-14(21)20-19-13(24)10-4-5-12(23)26-10/h1-6,23H,7H2,(H,19,24). The minimum absolute atomic E-state index is 0.00919. The molecule has 1 aliphatic heterocycles. The Balaban J connectivity index is 1.84. The van der Waals surface area contributed by atoms with Crippen LogP contribution in [-0.4, -0.2) is 27.8 Å². The molecule has 1 saturated heterocycles. The summed E-state index contributed by atoms with van der Waals surface area (Å²) < 4.78 is 38.6. The summed E-state index contributed by atoms with van der Waals surface area (Å²) in [5.74, 6) is -1.06. The first-order valence-corrected chi connectivity index (χ1v) is 8.86. The van der Waals surface area contributed by atoms with Gasteiger partial charge in [-0.2, -0.15) is 13.2 Å². The largest absolute Gasteiger partial charge is 0.499 e. The van der Waals surface area contributed by atoms with Crippen LogP contribution < -0.4 is 10.3 Å². The number of benzene rings is 1. The number of aromatic hydroxyl groups is 1. The summed E-state index contributed by atoms with van der Waals surface area (Å²) in [6.07, 6.45) is -4.54. The molecule has 26 heavy (non-hydrogen) atoms. The van der Waals surface area contributed by atoms with Crippen LogP contribution in [0.15, 0.2) is 41.5 Å². The Morgan fingerprint density at radius 3 is 2.69 bits per heavy atom. The molecule has 1 aliphatic rings. The van der Waals surface area contributed by atoms with Gasteiger partial charge in [0.1, 0.15) is 0 Å². The molecule has 1 fully saturated rings. The van der Waals surface area contributed by atoms with Gasteiger partial charge in [-0.3, -0.25) is 14.5 Å². The average molecular weight is 401 g/mol. The molecule has 136 valence electrons. The zero-order valence-corrected chi connectivity index (χ0v) is 14.4. The minimum Gasteiger partial charge on any atom is -0.499 e. The van der Waals surface area contributed by atoms with E-state index in [0.29, 0.717) is 0 Å². The summed E-state index contributed by atoms with van der Waals surface area (Å²) >= 11 is 1.84. The van der Waals surface area contributed by atoms with Gasteiger partial charge in [0.05, 0.1) is 21.9 Å². The van der Waals surface area contributed by atoms with Crippen LogP contribution in [0.1, 0.15) is 15.2 Å². The Morgan fingerprint density at radius 2 is 2.04 bits per heavy atom. The second-order valence-electron chi connectivity index (χ2n) is 5.04. The second kappa shape index (κ2) is 7.00. The molecule has 3 rings (SSSR count). The molecule has 0 unspecified atom stereocenters. The molecule has 2 N–H and O–H groups in total. The summed E-state index contributed by atoms with van der Waals surface area (Å²) in [6, 6.07) is 7.03. The third-order valence-corrected chi connectivity index (χ3v) is 5.08. The number of hydrazone groups is 1. The van der Waals surface area contributed by atoms with Crippen molar-refractivity contribution in [1.29, 1.82) is 0 Å². The van der Waals surface area contributed by atoms with Gasteiger partial charge in [-0.15, -0.1) is 5.10 Å². The topological polar surface area (TPSA) is 82.0 Å². The van der Waals surface area contributed by atoms with Gasteiger partial charge < -0.3 is 5.11 Å². The van der Waals surface area contributed by atoms with Crippen molar-refractivity contribution in [1.82, 2.24) is 5.43 Å². The molecule has 1 aromatic carbocycles. The summed E-state index contributed by atoms with van der Waals surface area (Å²) in [7, 11) is 0. The predicted octanol–water partition coefficient (Wildman–Crippen LogP) is 3.25. The molecular formula is C15H10F3N3O3S2. The first-order valence-electron chi connectivity index (χ1n) is 7.05. The molecule has 2 amide bonds. The van der Waals surface area contributed by atoms with Crippen molar-refractivity contribution in [3.63, 3.8) is 0 Å². The van der Waals surface area contributed by atoms with Gasteiger partial charge >= 0.3 is 6.18 Å². The van der Waals surface area contributed by atoms with Gasteiger partial charge in [-0.05, 0) is 30.3 Å². The maximum Gasteiger partial charge on any atom is 0.416 e. The van der Waals surface area contributed by atoms with E-state index in [2.05, 4.69) is 10.5 Å². The zero-order chi connectivity index (χ0) is 18.9. The van der Waals surface area contributed by atoms with Crippen LogP contribution in [0.4, 0.5) is 18.9 Å². The number of thiophene rings is 1. The monoisotopic (exact) mass is 401 g/mol. The van der Waals surface area contributed by atoms with Gasteiger partial charge in [-0.1, -0.05) is 29.2 Å². The molecular weight excluding hydrogens is 391 g/mol. The molecule has 0 atom stereocenters. The lowest BCUT2D eigenvalue weighted by molar-refractivity contribution is -0.137. The Kier molecular flexibility index (Phi) is 4.92. The highest BCUT2D eigenvalue weighted by atomic mass is 32.2. The average Bonchev–Trinajstić information content (AvgIpc) is 3.18. The lowest BCUT2D eigenvalue weighted by Gasteiger charge is -2.17. The molecule has 0 radical (unpaired) electrons. The number of halogens is 3. The number of thioether (sulfide) groups is 1. The summed E-state index contributed by atoms with van der Waals surface area (Å²) in [5.41, 5.74) is 1.35. The third kappa shape index (κ3) is 3.83. The van der Waals surface area contributed by atoms with Crippen LogP contribution >= 0.6 is 23.1 Å². The van der Waals surface area contributed by atoms with E-state index in [1.807, 2.05) is 0 Å². The van der Waals surface area contributed by atoms with Crippen molar-refractivity contribution in [2.24, 2.45) is 5.10 Å². The molecule has 2 aromatic rings. The van der Waals surface area contributed by atoms with Crippen molar-refractivity contribution in [3.05, 3.63) is 46.8 Å². The number of carbonyl (C=O) groups excluding carboxylic acids is 2. The number of carbonyl (C=O) groups is 2. The Morgan fingerprint density at radius 1 is 1.27 bits per heavy atom. The number of alkyl halides is 3. The van der Waals surface area contributed by atoms with Gasteiger partial charge in [0, 0.05) is 0 Å². The summed E-state index contributed by atoms with van der Waals surface area (Å²) in [5, 5.41) is 13.1. The third-order valence-electron chi connectivity index (χ3n) is 3.27. The van der Waals surface area contributed by atoms with Crippen LogP contribution in [0.5, 0.6) is 5.06 Å². The number of anilines is 1. The van der Waals surface area contributed by atoms with Crippen LogP contribution in [0.3, 0.4) is 0 Å². The predicted molar refractivity (Wildman–Crippen MR) is 92.3 cm³/mol. The number of rotatable bonds is 3. The quantitative estimate of drug-likeness (QED) is 0.774. The maximum atomic E-state index is 12.9. The highest BCUT2D eigenvalue weighted by Gasteiger charge is 2.34. The fourth-order valence-corrected chi connectivity index (χ4v) is 3.59. The number of amides is 2. The van der Waals surface area contributed by atoms with Gasteiger partial charge in [-0.25, -0.2) is 5.43 Å². The van der Waals surface area contributed by atoms with Crippen molar-refractivity contribution in [2.45, 2.75) is 6.18 Å². The number of hydrogen-bond acceptors (Lipinski definition) is 6. The second-order valence-corrected chi connectivity index (χ2v) is 7.04. The summed E-state index contributed by atoms with van der Waals surface area (Å²) in [4.78, 5) is 25.2. The van der Waals surface area contributed by atoms with Crippen LogP contribution in [0.25, 0.3) is 0 Å². The maximum absolute atomic E-state index is 12.9. The van der Waals surface area contributed by atoms with Crippen LogP contribution in [0.2, 0.25) is 0 Å². The Bertz CT molecular complexity index is 896. The van der Waals surface area contributed by atoms with E-state index < -0.39 is 23.6 Å².